The lowest BCUT2D eigenvalue weighted by molar-refractivity contribution is -0.122. The van der Waals surface area contributed by atoms with Gasteiger partial charge in [-0.25, -0.2) is 8.42 Å². The van der Waals surface area contributed by atoms with Crippen molar-refractivity contribution in [3.63, 3.8) is 0 Å². The summed E-state index contributed by atoms with van der Waals surface area (Å²) in [5, 5.41) is 2.87. The number of carbonyl (C=O) groups is 1. The molecule has 1 N–H and O–H groups in total. The first-order valence-corrected chi connectivity index (χ1v) is 12.5. The zero-order valence-electron chi connectivity index (χ0n) is 17.5. The molecule has 0 saturated carbocycles. The van der Waals surface area contributed by atoms with E-state index in [1.807, 2.05) is 24.5 Å². The van der Waals surface area contributed by atoms with Gasteiger partial charge in [-0.2, -0.15) is 0 Å². The standard InChI is InChI=1S/C23H22N2O5S2/c1-29-16-11-13-17(14-12-16)32(27,28)25-15-21(30-20-9-5-4-8-19(20)25)23(26)24-18-7-3-6-10-22(18)31-2/h3-14,21H,15H2,1-2H3,(H,24,26). The number of methoxy groups -OCH3 is 1. The van der Waals surface area contributed by atoms with Crippen molar-refractivity contribution < 1.29 is 22.7 Å². The molecule has 0 spiro atoms. The van der Waals surface area contributed by atoms with E-state index in [2.05, 4.69) is 5.32 Å². The Hall–Kier alpha value is -3.17. The van der Waals surface area contributed by atoms with Crippen LogP contribution in [0.1, 0.15) is 0 Å². The van der Waals surface area contributed by atoms with Gasteiger partial charge in [0, 0.05) is 4.90 Å². The van der Waals surface area contributed by atoms with E-state index in [-0.39, 0.29) is 11.4 Å². The fourth-order valence-electron chi connectivity index (χ4n) is 3.40. The van der Waals surface area contributed by atoms with E-state index < -0.39 is 22.0 Å². The zero-order valence-corrected chi connectivity index (χ0v) is 19.2. The number of fused-ring (bicyclic) bond motifs is 1. The first-order valence-electron chi connectivity index (χ1n) is 9.80. The highest BCUT2D eigenvalue weighted by atomic mass is 32.2. The third-order valence-corrected chi connectivity index (χ3v) is 7.63. The van der Waals surface area contributed by atoms with Gasteiger partial charge in [0.1, 0.15) is 11.5 Å². The van der Waals surface area contributed by atoms with Crippen LogP contribution in [-0.4, -0.2) is 40.3 Å². The molecule has 0 aliphatic carbocycles. The average molecular weight is 471 g/mol. The number of thioether (sulfide) groups is 1. The molecule has 1 heterocycles. The van der Waals surface area contributed by atoms with Gasteiger partial charge in [0.2, 0.25) is 0 Å². The number of sulfonamides is 1. The molecule has 166 valence electrons. The first kappa shape index (κ1) is 22.0. The van der Waals surface area contributed by atoms with Gasteiger partial charge in [-0.05, 0) is 54.8 Å². The Kier molecular flexibility index (Phi) is 6.29. The molecule has 3 aromatic carbocycles. The molecule has 1 aliphatic heterocycles. The third kappa shape index (κ3) is 4.26. The summed E-state index contributed by atoms with van der Waals surface area (Å²) in [6.45, 7) is -0.154. The Labute approximate surface area is 191 Å². The first-order chi connectivity index (χ1) is 15.4. The number of ether oxygens (including phenoxy) is 2. The average Bonchev–Trinajstić information content (AvgIpc) is 2.83. The molecule has 1 atom stereocenters. The van der Waals surface area contributed by atoms with Crippen LogP contribution in [0, 0.1) is 0 Å². The molecule has 3 aromatic rings. The summed E-state index contributed by atoms with van der Waals surface area (Å²) in [5.41, 5.74) is 1.04. The number of nitrogens with one attached hydrogen (secondary N) is 1. The van der Waals surface area contributed by atoms with Crippen molar-refractivity contribution in [1.82, 2.24) is 0 Å². The molecule has 9 heteroatoms. The van der Waals surface area contributed by atoms with E-state index in [1.165, 1.54) is 35.3 Å². The Bertz CT molecular complexity index is 1230. The summed E-state index contributed by atoms with van der Waals surface area (Å²) in [6, 6.07) is 20.3. The lowest BCUT2D eigenvalue weighted by atomic mass is 10.2. The minimum atomic E-state index is -3.94. The van der Waals surface area contributed by atoms with Crippen LogP contribution in [0.5, 0.6) is 11.5 Å². The van der Waals surface area contributed by atoms with Crippen molar-refractivity contribution in [1.29, 1.82) is 0 Å². The van der Waals surface area contributed by atoms with Crippen molar-refractivity contribution in [3.8, 4) is 11.5 Å². The predicted octanol–water partition coefficient (Wildman–Crippen LogP) is 4.01. The Morgan fingerprint density at radius 1 is 1.06 bits per heavy atom. The number of anilines is 2. The lowest BCUT2D eigenvalue weighted by Crippen LogP contribution is -2.48. The molecule has 4 rings (SSSR count). The van der Waals surface area contributed by atoms with Crippen molar-refractivity contribution >= 4 is 39.1 Å². The molecular weight excluding hydrogens is 448 g/mol. The number of benzene rings is 3. The van der Waals surface area contributed by atoms with Crippen LogP contribution in [0.2, 0.25) is 0 Å². The minimum absolute atomic E-state index is 0.0990. The van der Waals surface area contributed by atoms with Gasteiger partial charge in [-0.15, -0.1) is 11.8 Å². The van der Waals surface area contributed by atoms with Gasteiger partial charge < -0.3 is 14.8 Å². The van der Waals surface area contributed by atoms with Crippen molar-refractivity contribution in [2.24, 2.45) is 0 Å². The van der Waals surface area contributed by atoms with Crippen LogP contribution in [-0.2, 0) is 14.8 Å². The van der Waals surface area contributed by atoms with Crippen molar-refractivity contribution in [2.75, 3.05) is 29.5 Å². The monoisotopic (exact) mass is 470 g/mol. The Morgan fingerprint density at radius 3 is 2.47 bits per heavy atom. The molecule has 0 bridgehead atoms. The van der Waals surface area contributed by atoms with Gasteiger partial charge in [0.15, 0.2) is 6.10 Å². The van der Waals surface area contributed by atoms with Crippen LogP contribution < -0.4 is 19.1 Å². The summed E-state index contributed by atoms with van der Waals surface area (Å²) in [7, 11) is -2.42. The van der Waals surface area contributed by atoms with E-state index in [1.54, 1.807) is 42.5 Å². The van der Waals surface area contributed by atoms with Crippen molar-refractivity contribution in [3.05, 3.63) is 72.8 Å². The highest BCUT2D eigenvalue weighted by Crippen LogP contribution is 2.37. The van der Waals surface area contributed by atoms with E-state index in [9.17, 15) is 13.2 Å². The molecule has 0 radical (unpaired) electrons. The topological polar surface area (TPSA) is 84.9 Å². The number of rotatable bonds is 6. The molecule has 1 amide bonds. The van der Waals surface area contributed by atoms with Gasteiger partial charge in [0.05, 0.1) is 29.9 Å². The lowest BCUT2D eigenvalue weighted by Gasteiger charge is -2.34. The Morgan fingerprint density at radius 2 is 1.75 bits per heavy atom. The second-order valence-corrected chi connectivity index (χ2v) is 9.69. The van der Waals surface area contributed by atoms with E-state index in [0.29, 0.717) is 22.9 Å². The number of amides is 1. The number of carbonyl (C=O) groups excluding carboxylic acids is 1. The van der Waals surface area contributed by atoms with Gasteiger partial charge in [-0.1, -0.05) is 24.3 Å². The molecule has 7 nitrogen and oxygen atoms in total. The van der Waals surface area contributed by atoms with Gasteiger partial charge in [-0.3, -0.25) is 9.10 Å². The molecule has 0 saturated heterocycles. The third-order valence-electron chi connectivity index (χ3n) is 5.04. The second kappa shape index (κ2) is 9.13. The SMILES string of the molecule is COc1ccc(S(=O)(=O)N2CC(C(=O)Nc3ccccc3SC)Oc3ccccc32)cc1. The molecular formula is C23H22N2O5S2. The van der Waals surface area contributed by atoms with Crippen LogP contribution in [0.3, 0.4) is 0 Å². The highest BCUT2D eigenvalue weighted by molar-refractivity contribution is 7.98. The van der Waals surface area contributed by atoms with E-state index in [0.717, 1.165) is 4.90 Å². The number of nitrogens with zero attached hydrogens (tertiary/aromatic N) is 1. The largest absolute Gasteiger partial charge is 0.497 e. The van der Waals surface area contributed by atoms with Gasteiger partial charge >= 0.3 is 0 Å². The second-order valence-electron chi connectivity index (χ2n) is 6.98. The van der Waals surface area contributed by atoms with Crippen LogP contribution >= 0.6 is 11.8 Å². The molecule has 1 aliphatic rings. The number of hydrogen-bond acceptors (Lipinski definition) is 6. The maximum absolute atomic E-state index is 13.5. The quantitative estimate of drug-likeness (QED) is 0.548. The summed E-state index contributed by atoms with van der Waals surface area (Å²) < 4.78 is 39.2. The maximum atomic E-state index is 13.5. The summed E-state index contributed by atoms with van der Waals surface area (Å²) in [4.78, 5) is 14.1. The predicted molar refractivity (Wildman–Crippen MR) is 125 cm³/mol. The minimum Gasteiger partial charge on any atom is -0.497 e. The van der Waals surface area contributed by atoms with Crippen LogP contribution in [0.4, 0.5) is 11.4 Å². The van der Waals surface area contributed by atoms with E-state index in [4.69, 9.17) is 9.47 Å². The highest BCUT2D eigenvalue weighted by Gasteiger charge is 2.37. The summed E-state index contributed by atoms with van der Waals surface area (Å²) in [5.74, 6) is 0.459. The van der Waals surface area contributed by atoms with E-state index >= 15 is 0 Å². The molecule has 0 aromatic heterocycles. The van der Waals surface area contributed by atoms with Crippen LogP contribution in [0.25, 0.3) is 0 Å². The Balaban J connectivity index is 1.66. The summed E-state index contributed by atoms with van der Waals surface area (Å²) >= 11 is 1.51. The fraction of sp³-hybridized carbons (Fsp3) is 0.174. The van der Waals surface area contributed by atoms with Crippen LogP contribution in [0.15, 0.2) is 82.6 Å². The molecule has 1 unspecified atom stereocenters. The number of hydrogen-bond donors (Lipinski definition) is 1. The smallest absolute Gasteiger partial charge is 0.267 e. The summed E-state index contributed by atoms with van der Waals surface area (Å²) in [6.07, 6.45) is 0.898. The molecule has 0 fully saturated rings. The number of para-hydroxylation sites is 3. The maximum Gasteiger partial charge on any atom is 0.267 e. The van der Waals surface area contributed by atoms with Crippen molar-refractivity contribution in [2.45, 2.75) is 15.9 Å². The molecule has 32 heavy (non-hydrogen) atoms. The normalized spacial score (nSPS) is 15.4. The fourth-order valence-corrected chi connectivity index (χ4v) is 5.43. The zero-order chi connectivity index (χ0) is 22.7. The van der Waals surface area contributed by atoms with Gasteiger partial charge in [0.25, 0.3) is 15.9 Å².